The average molecular weight is 200 g/mol. The Kier molecular flexibility index (Phi) is 5.37. The van der Waals surface area contributed by atoms with Crippen molar-refractivity contribution < 1.29 is 9.53 Å². The summed E-state index contributed by atoms with van der Waals surface area (Å²) < 4.78 is 5.22. The molecule has 1 aliphatic heterocycles. The average Bonchev–Trinajstić information content (AvgIpc) is 2.68. The highest BCUT2D eigenvalue weighted by Gasteiger charge is 2.15. The van der Waals surface area contributed by atoms with Gasteiger partial charge in [0, 0.05) is 25.6 Å². The van der Waals surface area contributed by atoms with Crippen LogP contribution in [0.5, 0.6) is 0 Å². The summed E-state index contributed by atoms with van der Waals surface area (Å²) in [6.45, 7) is 5.23. The Hall–Kier alpha value is -0.770. The van der Waals surface area contributed by atoms with E-state index in [0.29, 0.717) is 5.92 Å². The molecule has 1 atom stereocenters. The molecule has 2 amide bonds. The van der Waals surface area contributed by atoms with Crippen molar-refractivity contribution in [1.82, 2.24) is 10.6 Å². The van der Waals surface area contributed by atoms with E-state index in [9.17, 15) is 4.79 Å². The summed E-state index contributed by atoms with van der Waals surface area (Å²) in [5, 5.41) is 5.67. The molecule has 1 heterocycles. The summed E-state index contributed by atoms with van der Waals surface area (Å²) in [6.07, 6.45) is 3.21. The number of urea groups is 1. The maximum atomic E-state index is 11.2. The van der Waals surface area contributed by atoms with E-state index in [1.54, 1.807) is 0 Å². The van der Waals surface area contributed by atoms with Crippen LogP contribution in [-0.2, 0) is 4.74 Å². The second-order valence-corrected chi connectivity index (χ2v) is 3.72. The quantitative estimate of drug-likeness (QED) is 0.653. The molecule has 1 rings (SSSR count). The first-order chi connectivity index (χ1) is 6.83. The highest BCUT2D eigenvalue weighted by molar-refractivity contribution is 5.73. The minimum atomic E-state index is -0.0506. The molecule has 1 aliphatic rings. The number of hydrogen-bond acceptors (Lipinski definition) is 2. The number of hydrogen-bond donors (Lipinski definition) is 2. The van der Waals surface area contributed by atoms with Crippen LogP contribution in [0.2, 0.25) is 0 Å². The van der Waals surface area contributed by atoms with E-state index in [1.165, 1.54) is 0 Å². The van der Waals surface area contributed by atoms with Gasteiger partial charge in [0.05, 0.1) is 6.61 Å². The van der Waals surface area contributed by atoms with Gasteiger partial charge in [-0.05, 0) is 12.8 Å². The van der Waals surface area contributed by atoms with Gasteiger partial charge in [0.2, 0.25) is 0 Å². The molecule has 2 N–H and O–H groups in total. The molecule has 0 bridgehead atoms. The third kappa shape index (κ3) is 4.46. The van der Waals surface area contributed by atoms with Gasteiger partial charge in [0.15, 0.2) is 0 Å². The third-order valence-electron chi connectivity index (χ3n) is 2.39. The summed E-state index contributed by atoms with van der Waals surface area (Å²) in [7, 11) is 0. The van der Waals surface area contributed by atoms with Crippen LogP contribution in [0.15, 0.2) is 0 Å². The van der Waals surface area contributed by atoms with Crippen molar-refractivity contribution >= 4 is 6.03 Å². The lowest BCUT2D eigenvalue weighted by atomic mass is 10.1. The number of nitrogens with one attached hydrogen (secondary N) is 2. The Morgan fingerprint density at radius 1 is 1.50 bits per heavy atom. The summed E-state index contributed by atoms with van der Waals surface area (Å²) in [5.41, 5.74) is 0. The molecule has 4 nitrogen and oxygen atoms in total. The Balaban J connectivity index is 1.96. The molecule has 0 saturated carbocycles. The van der Waals surface area contributed by atoms with Crippen molar-refractivity contribution in [2.75, 3.05) is 26.3 Å². The van der Waals surface area contributed by atoms with E-state index < -0.39 is 0 Å². The fourth-order valence-corrected chi connectivity index (χ4v) is 1.42. The van der Waals surface area contributed by atoms with E-state index in [-0.39, 0.29) is 6.03 Å². The summed E-state index contributed by atoms with van der Waals surface area (Å²) in [6, 6.07) is -0.0506. The number of ether oxygens (including phenoxy) is 1. The number of carbonyl (C=O) groups is 1. The Morgan fingerprint density at radius 2 is 2.36 bits per heavy atom. The summed E-state index contributed by atoms with van der Waals surface area (Å²) in [5.74, 6) is 0.506. The fraction of sp³-hybridized carbons (Fsp3) is 0.900. The standard InChI is InChI=1S/C10H20N2O2/c1-2-3-5-11-10(13)12-7-9-4-6-14-8-9/h9H,2-8H2,1H3,(H2,11,12,13). The number of amides is 2. The van der Waals surface area contributed by atoms with Gasteiger partial charge in [0.25, 0.3) is 0 Å². The number of unbranched alkanes of at least 4 members (excludes halogenated alkanes) is 1. The number of carbonyl (C=O) groups excluding carboxylic acids is 1. The van der Waals surface area contributed by atoms with Crippen LogP contribution >= 0.6 is 0 Å². The molecule has 14 heavy (non-hydrogen) atoms. The van der Waals surface area contributed by atoms with Crippen LogP contribution < -0.4 is 10.6 Å². The zero-order valence-electron chi connectivity index (χ0n) is 8.84. The van der Waals surface area contributed by atoms with Gasteiger partial charge in [0.1, 0.15) is 0 Å². The van der Waals surface area contributed by atoms with Crippen LogP contribution in [0.25, 0.3) is 0 Å². The van der Waals surface area contributed by atoms with Crippen molar-refractivity contribution in [2.45, 2.75) is 26.2 Å². The molecule has 0 aromatic rings. The van der Waals surface area contributed by atoms with Crippen LogP contribution in [0, 0.1) is 5.92 Å². The van der Waals surface area contributed by atoms with Crippen molar-refractivity contribution in [3.05, 3.63) is 0 Å². The lowest BCUT2D eigenvalue weighted by Crippen LogP contribution is -2.38. The highest BCUT2D eigenvalue weighted by Crippen LogP contribution is 2.10. The second kappa shape index (κ2) is 6.65. The minimum Gasteiger partial charge on any atom is -0.381 e. The zero-order valence-corrected chi connectivity index (χ0v) is 8.84. The summed E-state index contributed by atoms with van der Waals surface area (Å²) >= 11 is 0. The van der Waals surface area contributed by atoms with E-state index >= 15 is 0 Å². The van der Waals surface area contributed by atoms with Crippen LogP contribution in [-0.4, -0.2) is 32.3 Å². The molecule has 0 aromatic carbocycles. The topological polar surface area (TPSA) is 50.4 Å². The van der Waals surface area contributed by atoms with Gasteiger partial charge in [-0.2, -0.15) is 0 Å². The largest absolute Gasteiger partial charge is 0.381 e. The SMILES string of the molecule is CCCCNC(=O)NCC1CCOC1. The molecular weight excluding hydrogens is 180 g/mol. The molecule has 1 saturated heterocycles. The van der Waals surface area contributed by atoms with Crippen LogP contribution in [0.4, 0.5) is 4.79 Å². The van der Waals surface area contributed by atoms with E-state index in [1.807, 2.05) is 0 Å². The predicted molar refractivity (Wildman–Crippen MR) is 55.2 cm³/mol. The molecule has 0 aromatic heterocycles. The molecule has 0 aliphatic carbocycles. The molecule has 4 heteroatoms. The smallest absolute Gasteiger partial charge is 0.314 e. The molecule has 82 valence electrons. The number of rotatable bonds is 5. The lowest BCUT2D eigenvalue weighted by molar-refractivity contribution is 0.185. The van der Waals surface area contributed by atoms with Crippen molar-refractivity contribution in [3.8, 4) is 0 Å². The fourth-order valence-electron chi connectivity index (χ4n) is 1.42. The van der Waals surface area contributed by atoms with E-state index in [0.717, 1.165) is 45.6 Å². The van der Waals surface area contributed by atoms with E-state index in [2.05, 4.69) is 17.6 Å². The van der Waals surface area contributed by atoms with E-state index in [4.69, 9.17) is 4.74 Å². The van der Waals surface area contributed by atoms with Gasteiger partial charge >= 0.3 is 6.03 Å². The molecular formula is C10H20N2O2. The molecule has 0 spiro atoms. The third-order valence-corrected chi connectivity index (χ3v) is 2.39. The second-order valence-electron chi connectivity index (χ2n) is 3.72. The van der Waals surface area contributed by atoms with Crippen molar-refractivity contribution in [3.63, 3.8) is 0 Å². The maximum Gasteiger partial charge on any atom is 0.314 e. The molecule has 1 fully saturated rings. The zero-order chi connectivity index (χ0) is 10.2. The van der Waals surface area contributed by atoms with Gasteiger partial charge in [-0.3, -0.25) is 0 Å². The van der Waals surface area contributed by atoms with Crippen molar-refractivity contribution in [1.29, 1.82) is 0 Å². The lowest BCUT2D eigenvalue weighted by Gasteiger charge is -2.10. The predicted octanol–water partition coefficient (Wildman–Crippen LogP) is 1.12. The van der Waals surface area contributed by atoms with Gasteiger partial charge in [-0.1, -0.05) is 13.3 Å². The normalized spacial score (nSPS) is 20.8. The first kappa shape index (κ1) is 11.3. The summed E-state index contributed by atoms with van der Waals surface area (Å²) in [4.78, 5) is 11.2. The van der Waals surface area contributed by atoms with Gasteiger partial charge in [-0.15, -0.1) is 0 Å². The highest BCUT2D eigenvalue weighted by atomic mass is 16.5. The van der Waals surface area contributed by atoms with Crippen molar-refractivity contribution in [2.24, 2.45) is 5.92 Å². The van der Waals surface area contributed by atoms with Gasteiger partial charge in [-0.25, -0.2) is 4.79 Å². The Morgan fingerprint density at radius 3 is 3.00 bits per heavy atom. The van der Waals surface area contributed by atoms with Gasteiger partial charge < -0.3 is 15.4 Å². The first-order valence-corrected chi connectivity index (χ1v) is 5.42. The monoisotopic (exact) mass is 200 g/mol. The minimum absolute atomic E-state index is 0.0506. The molecule has 0 radical (unpaired) electrons. The Labute approximate surface area is 85.4 Å². The first-order valence-electron chi connectivity index (χ1n) is 5.42. The Bertz CT molecular complexity index is 168. The van der Waals surface area contributed by atoms with Crippen LogP contribution in [0.3, 0.4) is 0 Å². The maximum absolute atomic E-state index is 11.2. The molecule has 1 unspecified atom stereocenters. The van der Waals surface area contributed by atoms with Crippen LogP contribution in [0.1, 0.15) is 26.2 Å².